The van der Waals surface area contributed by atoms with Gasteiger partial charge in [0.05, 0.1) is 12.2 Å². The minimum atomic E-state index is 0.0420. The van der Waals surface area contributed by atoms with E-state index in [4.69, 9.17) is 4.74 Å². The number of alkyl halides is 1. The van der Waals surface area contributed by atoms with E-state index in [1.807, 2.05) is 36.1 Å². The molecule has 0 radical (unpaired) electrons. The van der Waals surface area contributed by atoms with Crippen molar-refractivity contribution in [2.75, 3.05) is 25.0 Å². The molecule has 0 fully saturated rings. The highest BCUT2D eigenvalue weighted by Crippen LogP contribution is 2.20. The van der Waals surface area contributed by atoms with Gasteiger partial charge in [-0.1, -0.05) is 35.0 Å². The van der Waals surface area contributed by atoms with Crippen molar-refractivity contribution in [1.82, 2.24) is 4.90 Å². The van der Waals surface area contributed by atoms with Crippen LogP contribution in [-0.2, 0) is 0 Å². The van der Waals surface area contributed by atoms with Crippen molar-refractivity contribution in [2.45, 2.75) is 20.3 Å². The van der Waals surface area contributed by atoms with E-state index < -0.39 is 0 Å². The Labute approximate surface area is 117 Å². The average molecular weight is 314 g/mol. The number of hydrogen-bond acceptors (Lipinski definition) is 2. The van der Waals surface area contributed by atoms with E-state index >= 15 is 0 Å². The van der Waals surface area contributed by atoms with E-state index in [1.165, 1.54) is 0 Å². The van der Waals surface area contributed by atoms with E-state index in [9.17, 15) is 4.79 Å². The van der Waals surface area contributed by atoms with Crippen LogP contribution in [0.25, 0.3) is 0 Å². The molecule has 0 N–H and O–H groups in total. The largest absolute Gasteiger partial charge is 0.493 e. The monoisotopic (exact) mass is 313 g/mol. The number of hydrogen-bond donors (Lipinski definition) is 0. The molecule has 0 aliphatic carbocycles. The fourth-order valence-corrected chi connectivity index (χ4v) is 2.21. The lowest BCUT2D eigenvalue weighted by Crippen LogP contribution is -2.33. The van der Waals surface area contributed by atoms with Gasteiger partial charge in [-0.15, -0.1) is 0 Å². The summed E-state index contributed by atoms with van der Waals surface area (Å²) in [6.07, 6.45) is 0.954. The molecule has 1 aromatic rings. The fraction of sp³-hybridized carbons (Fsp3) is 0.500. The number of carbonyl (C=O) groups excluding carboxylic acids is 1. The molecule has 4 heteroatoms. The standard InChI is InChI=1S/C14H20BrNO2/c1-3-10-16(11-9-15)14(17)12-7-5-6-8-13(12)18-4-2/h5-8H,3-4,9-11H2,1-2H3. The van der Waals surface area contributed by atoms with Gasteiger partial charge in [0.15, 0.2) is 0 Å². The number of carbonyl (C=O) groups is 1. The van der Waals surface area contributed by atoms with Gasteiger partial charge < -0.3 is 9.64 Å². The quantitative estimate of drug-likeness (QED) is 0.723. The third kappa shape index (κ3) is 4.02. The molecule has 0 spiro atoms. The predicted octanol–water partition coefficient (Wildman–Crippen LogP) is 3.33. The van der Waals surface area contributed by atoms with Gasteiger partial charge in [0.2, 0.25) is 0 Å². The molecule has 18 heavy (non-hydrogen) atoms. The van der Waals surface area contributed by atoms with Crippen molar-refractivity contribution in [3.8, 4) is 5.75 Å². The summed E-state index contributed by atoms with van der Waals surface area (Å²) in [5.41, 5.74) is 0.647. The fourth-order valence-electron chi connectivity index (χ4n) is 1.78. The third-order valence-electron chi connectivity index (χ3n) is 2.55. The molecular formula is C14H20BrNO2. The van der Waals surface area contributed by atoms with Gasteiger partial charge in [-0.3, -0.25) is 4.79 Å². The molecule has 3 nitrogen and oxygen atoms in total. The summed E-state index contributed by atoms with van der Waals surface area (Å²) >= 11 is 3.38. The van der Waals surface area contributed by atoms with Gasteiger partial charge >= 0.3 is 0 Å². The number of benzene rings is 1. The lowest BCUT2D eigenvalue weighted by molar-refractivity contribution is 0.0762. The summed E-state index contributed by atoms with van der Waals surface area (Å²) in [6.45, 7) is 6.04. The van der Waals surface area contributed by atoms with Crippen molar-refractivity contribution in [1.29, 1.82) is 0 Å². The zero-order chi connectivity index (χ0) is 13.4. The van der Waals surface area contributed by atoms with E-state index in [1.54, 1.807) is 0 Å². The second-order valence-corrected chi connectivity index (χ2v) is 4.70. The number of amides is 1. The van der Waals surface area contributed by atoms with Crippen molar-refractivity contribution in [3.63, 3.8) is 0 Å². The summed E-state index contributed by atoms with van der Waals surface area (Å²) < 4.78 is 5.51. The van der Waals surface area contributed by atoms with Crippen LogP contribution in [0.5, 0.6) is 5.75 Å². The van der Waals surface area contributed by atoms with Crippen LogP contribution in [0.1, 0.15) is 30.6 Å². The Morgan fingerprint density at radius 3 is 2.61 bits per heavy atom. The average Bonchev–Trinajstić information content (AvgIpc) is 2.39. The molecule has 0 aromatic heterocycles. The van der Waals surface area contributed by atoms with E-state index in [2.05, 4.69) is 22.9 Å². The molecule has 0 aliphatic rings. The first kappa shape index (κ1) is 15.0. The van der Waals surface area contributed by atoms with Crippen LogP contribution < -0.4 is 4.74 Å². The maximum Gasteiger partial charge on any atom is 0.257 e. The zero-order valence-electron chi connectivity index (χ0n) is 11.0. The van der Waals surface area contributed by atoms with Gasteiger partial charge in [-0.05, 0) is 25.5 Å². The van der Waals surface area contributed by atoms with E-state index in [0.717, 1.165) is 18.3 Å². The van der Waals surface area contributed by atoms with Gasteiger partial charge in [-0.25, -0.2) is 0 Å². The van der Waals surface area contributed by atoms with Crippen LogP contribution in [0.2, 0.25) is 0 Å². The molecule has 0 saturated heterocycles. The van der Waals surface area contributed by atoms with Crippen LogP contribution in [0, 0.1) is 0 Å². The Kier molecular flexibility index (Phi) is 6.80. The minimum absolute atomic E-state index is 0.0420. The highest BCUT2D eigenvalue weighted by atomic mass is 79.9. The molecule has 0 saturated carbocycles. The Morgan fingerprint density at radius 2 is 2.00 bits per heavy atom. The lowest BCUT2D eigenvalue weighted by atomic mass is 10.1. The highest BCUT2D eigenvalue weighted by Gasteiger charge is 2.18. The van der Waals surface area contributed by atoms with Crippen LogP contribution >= 0.6 is 15.9 Å². The highest BCUT2D eigenvalue weighted by molar-refractivity contribution is 9.09. The molecule has 0 bridgehead atoms. The minimum Gasteiger partial charge on any atom is -0.493 e. The molecular weight excluding hydrogens is 294 g/mol. The Morgan fingerprint density at radius 1 is 1.28 bits per heavy atom. The van der Waals surface area contributed by atoms with Crippen molar-refractivity contribution >= 4 is 21.8 Å². The van der Waals surface area contributed by atoms with Gasteiger partial charge in [0.1, 0.15) is 5.75 Å². The number of nitrogens with zero attached hydrogens (tertiary/aromatic N) is 1. The summed E-state index contributed by atoms with van der Waals surface area (Å²) in [4.78, 5) is 14.3. The Bertz CT molecular complexity index is 376. The molecule has 0 unspecified atom stereocenters. The summed E-state index contributed by atoms with van der Waals surface area (Å²) in [6, 6.07) is 7.42. The SMILES string of the molecule is CCCN(CCBr)C(=O)c1ccccc1OCC. The van der Waals surface area contributed by atoms with Crippen LogP contribution in [0.4, 0.5) is 0 Å². The summed E-state index contributed by atoms with van der Waals surface area (Å²) in [5, 5.41) is 0.787. The predicted molar refractivity (Wildman–Crippen MR) is 77.6 cm³/mol. The Hall–Kier alpha value is -1.03. The number of halogens is 1. The second kappa shape index (κ2) is 8.14. The maximum atomic E-state index is 12.4. The van der Waals surface area contributed by atoms with Crippen molar-refractivity contribution in [3.05, 3.63) is 29.8 Å². The third-order valence-corrected chi connectivity index (χ3v) is 2.91. The van der Waals surface area contributed by atoms with Gasteiger partial charge in [-0.2, -0.15) is 0 Å². The molecule has 0 heterocycles. The summed E-state index contributed by atoms with van der Waals surface area (Å²) in [5.74, 6) is 0.709. The molecule has 1 aromatic carbocycles. The van der Waals surface area contributed by atoms with E-state index in [0.29, 0.717) is 24.5 Å². The smallest absolute Gasteiger partial charge is 0.257 e. The maximum absolute atomic E-state index is 12.4. The first-order valence-corrected chi connectivity index (χ1v) is 7.43. The molecule has 100 valence electrons. The first-order chi connectivity index (χ1) is 8.74. The molecule has 0 atom stereocenters. The van der Waals surface area contributed by atoms with Gasteiger partial charge in [0, 0.05) is 18.4 Å². The van der Waals surface area contributed by atoms with E-state index in [-0.39, 0.29) is 5.91 Å². The van der Waals surface area contributed by atoms with Crippen LogP contribution in [-0.4, -0.2) is 35.8 Å². The Balaban J connectivity index is 2.92. The summed E-state index contributed by atoms with van der Waals surface area (Å²) in [7, 11) is 0. The van der Waals surface area contributed by atoms with Crippen molar-refractivity contribution < 1.29 is 9.53 Å². The van der Waals surface area contributed by atoms with Crippen molar-refractivity contribution in [2.24, 2.45) is 0 Å². The van der Waals surface area contributed by atoms with Crippen LogP contribution in [0.3, 0.4) is 0 Å². The number of para-hydroxylation sites is 1. The molecule has 1 amide bonds. The van der Waals surface area contributed by atoms with Crippen LogP contribution in [0.15, 0.2) is 24.3 Å². The normalized spacial score (nSPS) is 10.2. The molecule has 0 aliphatic heterocycles. The number of rotatable bonds is 7. The lowest BCUT2D eigenvalue weighted by Gasteiger charge is -2.22. The number of ether oxygens (including phenoxy) is 1. The molecule has 1 rings (SSSR count). The van der Waals surface area contributed by atoms with Gasteiger partial charge in [0.25, 0.3) is 5.91 Å². The topological polar surface area (TPSA) is 29.5 Å². The second-order valence-electron chi connectivity index (χ2n) is 3.91. The first-order valence-electron chi connectivity index (χ1n) is 6.31. The zero-order valence-corrected chi connectivity index (χ0v) is 12.6.